The van der Waals surface area contributed by atoms with Crippen molar-refractivity contribution in [3.05, 3.63) is 59.3 Å². The zero-order valence-electron chi connectivity index (χ0n) is 18.6. The third-order valence-corrected chi connectivity index (χ3v) is 9.14. The summed E-state index contributed by atoms with van der Waals surface area (Å²) in [6, 6.07) is -0.597. The second kappa shape index (κ2) is 8.09. The van der Waals surface area contributed by atoms with Gasteiger partial charge in [0.15, 0.2) is 0 Å². The number of nitrogens with one attached hydrogen (secondary N) is 2. The van der Waals surface area contributed by atoms with Crippen LogP contribution in [0.1, 0.15) is 71.0 Å². The first-order valence-corrected chi connectivity index (χ1v) is 12.2. The topological polar surface area (TPSA) is 91.7 Å². The van der Waals surface area contributed by atoms with E-state index in [9.17, 15) is 31.5 Å². The normalized spacial score (nSPS) is 27.7. The number of H-pyrrole nitrogens is 2. The molecular formula is C23H23F6N3O2S. The highest BCUT2D eigenvalue weighted by Gasteiger charge is 2.60. The van der Waals surface area contributed by atoms with Crippen molar-refractivity contribution in [3.63, 3.8) is 0 Å². The molecule has 0 aromatic carbocycles. The number of allylic oxidation sites excluding steroid dienone is 2. The third-order valence-electron chi connectivity index (χ3n) is 7.78. The van der Waals surface area contributed by atoms with E-state index in [1.807, 2.05) is 4.98 Å². The van der Waals surface area contributed by atoms with Crippen LogP contribution in [0.4, 0.5) is 26.3 Å². The van der Waals surface area contributed by atoms with Gasteiger partial charge in [-0.05, 0) is 49.7 Å². The number of hydrogen-bond acceptors (Lipinski definition) is 4. The Hall–Kier alpha value is -2.34. The first kappa shape index (κ1) is 24.4. The first-order valence-electron chi connectivity index (χ1n) is 11.4. The molecule has 2 heterocycles. The molecule has 5 rings (SSSR count). The second-order valence-electron chi connectivity index (χ2n) is 9.65. The van der Waals surface area contributed by atoms with Crippen molar-refractivity contribution in [3.8, 4) is 0 Å². The minimum absolute atomic E-state index is 0.0859. The standard InChI is InChI=1S/C23H23F6N3O2S/c1-8-16-14(20(33)32-21(34)31-16)15(19(25)26)17(24)22(8,9-5-6-9)13-7-11-10(18(30)23(27,28)29)3-2-4-12(11)35-13/h7-10,18-19H,2-6,30H2,1H3,(H2,31,32,33,34). The molecule has 0 saturated heterocycles. The Morgan fingerprint density at radius 2 is 1.86 bits per heavy atom. The number of fused-ring (bicyclic) bond motifs is 2. The molecule has 0 radical (unpaired) electrons. The summed E-state index contributed by atoms with van der Waals surface area (Å²) < 4.78 is 85.3. The van der Waals surface area contributed by atoms with Crippen molar-refractivity contribution in [1.82, 2.24) is 9.97 Å². The van der Waals surface area contributed by atoms with E-state index in [4.69, 9.17) is 5.73 Å². The van der Waals surface area contributed by atoms with Crippen molar-refractivity contribution in [2.75, 3.05) is 0 Å². The summed E-state index contributed by atoms with van der Waals surface area (Å²) in [6.07, 6.45) is -5.76. The molecule has 2 aromatic rings. The van der Waals surface area contributed by atoms with Crippen LogP contribution in [0.25, 0.3) is 5.57 Å². The number of alkyl halides is 5. The minimum Gasteiger partial charge on any atom is -0.320 e. The summed E-state index contributed by atoms with van der Waals surface area (Å²) in [5.41, 5.74) is 0.578. The maximum atomic E-state index is 16.4. The molecule has 0 spiro atoms. The van der Waals surface area contributed by atoms with Crippen molar-refractivity contribution in [2.24, 2.45) is 11.7 Å². The average molecular weight is 520 g/mol. The van der Waals surface area contributed by atoms with Gasteiger partial charge in [0.2, 0.25) is 0 Å². The lowest BCUT2D eigenvalue weighted by Crippen LogP contribution is -2.44. The molecule has 0 amide bonds. The number of hydrogen-bond donors (Lipinski definition) is 3. The highest BCUT2D eigenvalue weighted by Crippen LogP contribution is 2.64. The van der Waals surface area contributed by atoms with Crippen LogP contribution in [-0.2, 0) is 11.8 Å². The van der Waals surface area contributed by atoms with Gasteiger partial charge in [-0.3, -0.25) is 9.78 Å². The zero-order valence-corrected chi connectivity index (χ0v) is 19.4. The van der Waals surface area contributed by atoms with Gasteiger partial charge in [0.05, 0.1) is 16.6 Å². The maximum absolute atomic E-state index is 16.4. The van der Waals surface area contributed by atoms with E-state index in [0.29, 0.717) is 41.0 Å². The number of halogens is 6. The molecule has 3 aliphatic carbocycles. The van der Waals surface area contributed by atoms with Crippen LogP contribution < -0.4 is 17.0 Å². The number of rotatable bonds is 4. The molecule has 4 unspecified atom stereocenters. The summed E-state index contributed by atoms with van der Waals surface area (Å²) in [6.45, 7) is 1.56. The predicted octanol–water partition coefficient (Wildman–Crippen LogP) is 4.85. The van der Waals surface area contributed by atoms with Crippen LogP contribution in [-0.4, -0.2) is 28.6 Å². The van der Waals surface area contributed by atoms with Gasteiger partial charge in [-0.2, -0.15) is 13.2 Å². The van der Waals surface area contributed by atoms with Crippen LogP contribution >= 0.6 is 11.3 Å². The molecule has 1 saturated carbocycles. The Labute approximate surface area is 199 Å². The second-order valence-corrected chi connectivity index (χ2v) is 10.8. The molecule has 190 valence electrons. The van der Waals surface area contributed by atoms with Gasteiger partial charge in [-0.25, -0.2) is 18.0 Å². The van der Waals surface area contributed by atoms with Crippen molar-refractivity contribution < 1.29 is 26.3 Å². The molecule has 0 bridgehead atoms. The minimum atomic E-state index is -4.62. The van der Waals surface area contributed by atoms with Crippen LogP contribution in [0.2, 0.25) is 0 Å². The van der Waals surface area contributed by atoms with Crippen LogP contribution in [0.5, 0.6) is 0 Å². The third kappa shape index (κ3) is 3.54. The van der Waals surface area contributed by atoms with Gasteiger partial charge in [0.1, 0.15) is 11.9 Å². The van der Waals surface area contributed by atoms with Crippen LogP contribution in [0.3, 0.4) is 0 Å². The Balaban J connectivity index is 1.76. The summed E-state index contributed by atoms with van der Waals surface area (Å²) in [4.78, 5) is 29.8. The highest BCUT2D eigenvalue weighted by atomic mass is 32.1. The molecule has 3 aliphatic rings. The van der Waals surface area contributed by atoms with E-state index in [-0.39, 0.29) is 12.1 Å². The molecule has 4 atom stereocenters. The van der Waals surface area contributed by atoms with Crippen molar-refractivity contribution in [2.45, 2.75) is 74.9 Å². The van der Waals surface area contributed by atoms with Gasteiger partial charge in [0.25, 0.3) is 12.0 Å². The van der Waals surface area contributed by atoms with E-state index in [0.717, 1.165) is 11.3 Å². The summed E-state index contributed by atoms with van der Waals surface area (Å²) >= 11 is 1.13. The Morgan fingerprint density at radius 1 is 1.17 bits per heavy atom. The molecule has 1 fully saturated rings. The number of thiophene rings is 1. The maximum Gasteiger partial charge on any atom is 0.404 e. The lowest BCUT2D eigenvalue weighted by molar-refractivity contribution is -0.153. The number of aryl methyl sites for hydroxylation is 1. The van der Waals surface area contributed by atoms with Gasteiger partial charge >= 0.3 is 11.9 Å². The van der Waals surface area contributed by atoms with Crippen LogP contribution in [0.15, 0.2) is 21.5 Å². The van der Waals surface area contributed by atoms with E-state index < -0.39 is 70.0 Å². The monoisotopic (exact) mass is 519 g/mol. The lowest BCUT2D eigenvalue weighted by Gasteiger charge is -2.42. The molecule has 35 heavy (non-hydrogen) atoms. The average Bonchev–Trinajstić information content (AvgIpc) is 3.51. The smallest absolute Gasteiger partial charge is 0.320 e. The number of nitrogens with two attached hydrogens (primary N) is 1. The van der Waals surface area contributed by atoms with E-state index in [1.54, 1.807) is 6.92 Å². The molecular weight excluding hydrogens is 496 g/mol. The van der Waals surface area contributed by atoms with Gasteiger partial charge < -0.3 is 10.7 Å². The Kier molecular flexibility index (Phi) is 5.63. The molecule has 12 heteroatoms. The van der Waals surface area contributed by atoms with Gasteiger partial charge in [0, 0.05) is 27.3 Å². The molecule has 2 aromatic heterocycles. The largest absolute Gasteiger partial charge is 0.404 e. The SMILES string of the molecule is CC1c2[nH]c(=O)[nH]c(=O)c2C(C(F)F)=C(F)C1(c1cc2c(s1)CCCC2C(N)C(F)(F)F)C1CC1. The fourth-order valence-electron chi connectivity index (χ4n) is 6.04. The Bertz CT molecular complexity index is 1320. The summed E-state index contributed by atoms with van der Waals surface area (Å²) in [5.74, 6) is -3.48. The van der Waals surface area contributed by atoms with Gasteiger partial charge in [-0.15, -0.1) is 11.3 Å². The van der Waals surface area contributed by atoms with E-state index >= 15 is 4.39 Å². The van der Waals surface area contributed by atoms with Crippen molar-refractivity contribution in [1.29, 1.82) is 0 Å². The fourth-order valence-corrected chi connectivity index (χ4v) is 7.67. The number of aromatic amines is 2. The molecule has 4 N–H and O–H groups in total. The molecule has 5 nitrogen and oxygen atoms in total. The van der Waals surface area contributed by atoms with Crippen LogP contribution in [0, 0.1) is 5.92 Å². The first-order chi connectivity index (χ1) is 16.4. The van der Waals surface area contributed by atoms with Gasteiger partial charge in [-0.1, -0.05) is 6.92 Å². The highest BCUT2D eigenvalue weighted by molar-refractivity contribution is 7.12. The number of aromatic nitrogens is 2. The Morgan fingerprint density at radius 3 is 2.46 bits per heavy atom. The summed E-state index contributed by atoms with van der Waals surface area (Å²) in [5, 5.41) is 0. The fraction of sp³-hybridized carbons (Fsp3) is 0.565. The van der Waals surface area contributed by atoms with E-state index in [2.05, 4.69) is 4.98 Å². The molecule has 0 aliphatic heterocycles. The zero-order chi connectivity index (χ0) is 25.4. The van der Waals surface area contributed by atoms with E-state index in [1.165, 1.54) is 6.07 Å². The van der Waals surface area contributed by atoms with Crippen molar-refractivity contribution >= 4 is 16.9 Å². The predicted molar refractivity (Wildman–Crippen MR) is 119 cm³/mol. The summed E-state index contributed by atoms with van der Waals surface area (Å²) in [7, 11) is 0. The lowest BCUT2D eigenvalue weighted by atomic mass is 9.63. The quantitative estimate of drug-likeness (QED) is 0.505.